The first-order chi connectivity index (χ1) is 16.2. The van der Waals surface area contributed by atoms with Crippen molar-refractivity contribution in [1.29, 1.82) is 0 Å². The van der Waals surface area contributed by atoms with Gasteiger partial charge in [0, 0.05) is 19.3 Å². The van der Waals surface area contributed by atoms with Crippen LogP contribution in [-0.4, -0.2) is 24.1 Å². The zero-order valence-electron chi connectivity index (χ0n) is 21.2. The minimum Gasteiger partial charge on any atom is -0.463 e. The Hall–Kier alpha value is -2.10. The van der Waals surface area contributed by atoms with E-state index in [1.54, 1.807) is 6.92 Å². The zero-order chi connectivity index (χ0) is 24.1. The summed E-state index contributed by atoms with van der Waals surface area (Å²) in [6.07, 6.45) is 11.2. The molecule has 0 heterocycles. The van der Waals surface area contributed by atoms with Crippen molar-refractivity contribution in [3.63, 3.8) is 0 Å². The van der Waals surface area contributed by atoms with Crippen molar-refractivity contribution in [2.45, 2.75) is 91.3 Å². The lowest BCUT2D eigenvalue weighted by atomic mass is 9.45. The van der Waals surface area contributed by atoms with E-state index in [-0.39, 0.29) is 29.6 Å². The molecule has 0 N–H and O–H groups in total. The summed E-state index contributed by atoms with van der Waals surface area (Å²) in [6, 6.07) is 10.5. The number of carbonyl (C=O) groups excluding carboxylic acids is 2. The molecule has 4 nitrogen and oxygen atoms in total. The highest BCUT2D eigenvalue weighted by Crippen LogP contribution is 2.67. The van der Waals surface area contributed by atoms with Crippen molar-refractivity contribution in [2.75, 3.05) is 0 Å². The zero-order valence-corrected chi connectivity index (χ0v) is 21.2. The van der Waals surface area contributed by atoms with E-state index >= 15 is 0 Å². The van der Waals surface area contributed by atoms with Crippen LogP contribution in [0.25, 0.3) is 6.08 Å². The van der Waals surface area contributed by atoms with Gasteiger partial charge in [-0.25, -0.2) is 0 Å². The molecule has 0 unspecified atom stereocenters. The molecular weight excluding hydrogens is 424 g/mol. The van der Waals surface area contributed by atoms with Gasteiger partial charge in [0.2, 0.25) is 0 Å². The number of rotatable bonds is 3. The van der Waals surface area contributed by atoms with Crippen molar-refractivity contribution in [1.82, 2.24) is 0 Å². The predicted octanol–water partition coefficient (Wildman–Crippen LogP) is 6.59. The Morgan fingerprint density at radius 3 is 2.29 bits per heavy atom. The summed E-state index contributed by atoms with van der Waals surface area (Å²) in [5, 5.41) is 0. The van der Waals surface area contributed by atoms with Crippen LogP contribution < -0.4 is 0 Å². The smallest absolute Gasteiger partial charge is 0.303 e. The van der Waals surface area contributed by atoms with Crippen molar-refractivity contribution in [3.8, 4) is 0 Å². The lowest BCUT2D eigenvalue weighted by Gasteiger charge is -2.60. The molecule has 4 heteroatoms. The molecule has 4 aliphatic carbocycles. The number of hydrogen-bond donors (Lipinski definition) is 0. The highest BCUT2D eigenvalue weighted by molar-refractivity contribution is 5.67. The van der Waals surface area contributed by atoms with Crippen LogP contribution in [0, 0.1) is 34.5 Å². The lowest BCUT2D eigenvalue weighted by molar-refractivity contribution is -0.166. The minimum absolute atomic E-state index is 0.00555. The molecule has 184 valence electrons. The normalized spacial score (nSPS) is 42.3. The molecule has 0 aliphatic heterocycles. The second-order valence-corrected chi connectivity index (χ2v) is 12.0. The van der Waals surface area contributed by atoms with E-state index in [1.165, 1.54) is 37.3 Å². The van der Waals surface area contributed by atoms with Gasteiger partial charge in [0.25, 0.3) is 0 Å². The van der Waals surface area contributed by atoms with Crippen molar-refractivity contribution in [3.05, 3.63) is 41.5 Å². The second-order valence-electron chi connectivity index (χ2n) is 12.0. The Morgan fingerprint density at radius 1 is 0.882 bits per heavy atom. The van der Waals surface area contributed by atoms with E-state index in [4.69, 9.17) is 9.47 Å². The molecule has 0 amide bonds. The summed E-state index contributed by atoms with van der Waals surface area (Å²) < 4.78 is 11.7. The van der Waals surface area contributed by atoms with Gasteiger partial charge in [0.1, 0.15) is 12.2 Å². The Morgan fingerprint density at radius 2 is 1.59 bits per heavy atom. The maximum atomic E-state index is 12.2. The van der Waals surface area contributed by atoms with Crippen LogP contribution >= 0.6 is 0 Å². The first-order valence-corrected chi connectivity index (χ1v) is 13.3. The third-order valence-corrected chi connectivity index (χ3v) is 10.2. The van der Waals surface area contributed by atoms with Crippen molar-refractivity contribution >= 4 is 18.0 Å². The van der Waals surface area contributed by atoms with Crippen molar-refractivity contribution < 1.29 is 19.1 Å². The molecule has 4 aliphatic rings. The number of esters is 2. The Labute approximate surface area is 204 Å². The second kappa shape index (κ2) is 8.84. The third kappa shape index (κ3) is 4.01. The SMILES string of the molecule is CC(=O)O[C@H]1CC[C@]2(C)[C@H](CC[C@@H]3[C@H]4CC(=Cc5ccccc5)[C@@H](OC(C)=O)[C@]4(C)CC[C@H]32)C1. The van der Waals surface area contributed by atoms with Gasteiger partial charge >= 0.3 is 11.9 Å². The molecule has 0 aromatic heterocycles. The van der Waals surface area contributed by atoms with Gasteiger partial charge in [-0.1, -0.05) is 50.3 Å². The van der Waals surface area contributed by atoms with Crippen LogP contribution in [0.1, 0.15) is 84.6 Å². The fraction of sp³-hybridized carbons (Fsp3) is 0.667. The fourth-order valence-corrected chi connectivity index (χ4v) is 8.68. The summed E-state index contributed by atoms with van der Waals surface area (Å²) in [5.74, 6) is 2.25. The van der Waals surface area contributed by atoms with Crippen LogP contribution in [-0.2, 0) is 19.1 Å². The molecule has 4 fully saturated rings. The summed E-state index contributed by atoms with van der Waals surface area (Å²) in [7, 11) is 0. The van der Waals surface area contributed by atoms with E-state index in [1.807, 2.05) is 6.07 Å². The number of benzene rings is 1. The highest BCUT2D eigenvalue weighted by atomic mass is 16.5. The standard InChI is InChI=1S/C30H40O4/c1-19(31)33-24-12-14-29(3)23(18-24)10-11-25-26(29)13-15-30(4)27(25)17-22(28(30)34-20(2)32)16-21-8-6-5-7-9-21/h5-9,16,23-28H,10-15,17-18H2,1-4H3/t23-,24+,25+,26-,27-,28-,29-,30-/m1/s1. The average molecular weight is 465 g/mol. The van der Waals surface area contributed by atoms with E-state index in [0.717, 1.165) is 32.1 Å². The quantitative estimate of drug-likeness (QED) is 0.474. The molecule has 0 saturated heterocycles. The predicted molar refractivity (Wildman–Crippen MR) is 133 cm³/mol. The van der Waals surface area contributed by atoms with Crippen LogP contribution in [0.3, 0.4) is 0 Å². The van der Waals surface area contributed by atoms with E-state index < -0.39 is 0 Å². The number of carbonyl (C=O) groups is 2. The van der Waals surface area contributed by atoms with Gasteiger partial charge in [-0.2, -0.15) is 0 Å². The van der Waals surface area contributed by atoms with E-state index in [9.17, 15) is 9.59 Å². The minimum atomic E-state index is -0.174. The fourth-order valence-electron chi connectivity index (χ4n) is 8.68. The Kier molecular flexibility index (Phi) is 6.14. The van der Waals surface area contributed by atoms with Gasteiger partial charge < -0.3 is 9.47 Å². The topological polar surface area (TPSA) is 52.6 Å². The number of ether oxygens (including phenoxy) is 2. The number of fused-ring (bicyclic) bond motifs is 5. The van der Waals surface area contributed by atoms with Gasteiger partial charge in [0.15, 0.2) is 0 Å². The summed E-state index contributed by atoms with van der Waals surface area (Å²) >= 11 is 0. The van der Waals surface area contributed by atoms with Gasteiger partial charge in [-0.3, -0.25) is 9.59 Å². The van der Waals surface area contributed by atoms with Crippen molar-refractivity contribution in [2.24, 2.45) is 34.5 Å². The molecular formula is C30H40O4. The molecule has 0 bridgehead atoms. The highest BCUT2D eigenvalue weighted by Gasteiger charge is 2.62. The number of hydrogen-bond acceptors (Lipinski definition) is 4. The van der Waals surface area contributed by atoms with Gasteiger partial charge in [-0.05, 0) is 91.6 Å². The first-order valence-electron chi connectivity index (χ1n) is 13.3. The lowest BCUT2D eigenvalue weighted by Crippen LogP contribution is -2.54. The molecule has 1 aromatic carbocycles. The monoisotopic (exact) mass is 464 g/mol. The molecule has 34 heavy (non-hydrogen) atoms. The molecule has 5 rings (SSSR count). The Balaban J connectivity index is 1.42. The van der Waals surface area contributed by atoms with Crippen LogP contribution in [0.5, 0.6) is 0 Å². The van der Waals surface area contributed by atoms with E-state index in [2.05, 4.69) is 44.2 Å². The maximum Gasteiger partial charge on any atom is 0.303 e. The van der Waals surface area contributed by atoms with Crippen LogP contribution in [0.15, 0.2) is 35.9 Å². The molecule has 1 aromatic rings. The van der Waals surface area contributed by atoms with E-state index in [0.29, 0.717) is 29.1 Å². The van der Waals surface area contributed by atoms with Crippen LogP contribution in [0.4, 0.5) is 0 Å². The first kappa shape index (κ1) is 23.6. The van der Waals surface area contributed by atoms with Gasteiger partial charge in [-0.15, -0.1) is 0 Å². The average Bonchev–Trinajstić information content (AvgIpc) is 3.05. The largest absolute Gasteiger partial charge is 0.463 e. The Bertz CT molecular complexity index is 967. The molecule has 8 atom stereocenters. The summed E-state index contributed by atoms with van der Waals surface area (Å²) in [5.41, 5.74) is 2.81. The molecule has 0 radical (unpaired) electrons. The van der Waals surface area contributed by atoms with Crippen LogP contribution in [0.2, 0.25) is 0 Å². The summed E-state index contributed by atoms with van der Waals surface area (Å²) in [6.45, 7) is 8.00. The summed E-state index contributed by atoms with van der Waals surface area (Å²) in [4.78, 5) is 23.7. The van der Waals surface area contributed by atoms with Gasteiger partial charge in [0.05, 0.1) is 0 Å². The third-order valence-electron chi connectivity index (χ3n) is 10.2. The maximum absolute atomic E-state index is 12.2. The molecule has 4 saturated carbocycles. The molecule has 0 spiro atoms.